The Morgan fingerprint density at radius 2 is 1.76 bits per heavy atom. The summed E-state index contributed by atoms with van der Waals surface area (Å²) in [7, 11) is 0. The standard InChI is InChI=1S/C21H32N2O2/c1-15(2)14-19(24)23-12-10-16(11-13-23)20(25)22-18-9-7-6-8-17(18)21(3,4)5/h6-9,15-16H,10-14H2,1-5H3,(H,22,25). The summed E-state index contributed by atoms with van der Waals surface area (Å²) in [6.07, 6.45) is 2.08. The predicted molar refractivity (Wildman–Crippen MR) is 103 cm³/mol. The van der Waals surface area contributed by atoms with Gasteiger partial charge in [-0.25, -0.2) is 0 Å². The molecule has 0 atom stereocenters. The second-order valence-corrected chi connectivity index (χ2v) is 8.54. The van der Waals surface area contributed by atoms with Gasteiger partial charge in [0.15, 0.2) is 0 Å². The zero-order chi connectivity index (χ0) is 18.6. The zero-order valence-corrected chi connectivity index (χ0v) is 16.3. The fourth-order valence-electron chi connectivity index (χ4n) is 3.35. The number of benzene rings is 1. The van der Waals surface area contributed by atoms with Gasteiger partial charge in [-0.15, -0.1) is 0 Å². The van der Waals surface area contributed by atoms with Crippen LogP contribution in [0.2, 0.25) is 0 Å². The number of likely N-dealkylation sites (tertiary alicyclic amines) is 1. The molecule has 1 heterocycles. The summed E-state index contributed by atoms with van der Waals surface area (Å²) in [6.45, 7) is 11.9. The summed E-state index contributed by atoms with van der Waals surface area (Å²) < 4.78 is 0. The van der Waals surface area contributed by atoms with Crippen molar-refractivity contribution in [1.82, 2.24) is 4.90 Å². The van der Waals surface area contributed by atoms with Crippen LogP contribution in [0.15, 0.2) is 24.3 Å². The maximum absolute atomic E-state index is 12.7. The molecule has 1 aromatic carbocycles. The quantitative estimate of drug-likeness (QED) is 0.889. The van der Waals surface area contributed by atoms with Crippen molar-refractivity contribution >= 4 is 17.5 Å². The molecule has 1 fully saturated rings. The number of piperidine rings is 1. The smallest absolute Gasteiger partial charge is 0.227 e. The fraction of sp³-hybridized carbons (Fsp3) is 0.619. The molecule has 1 aliphatic rings. The van der Waals surface area contributed by atoms with Gasteiger partial charge in [-0.1, -0.05) is 52.8 Å². The second-order valence-electron chi connectivity index (χ2n) is 8.54. The second kappa shape index (κ2) is 8.03. The molecule has 1 N–H and O–H groups in total. The number of rotatable bonds is 4. The van der Waals surface area contributed by atoms with E-state index in [0.717, 1.165) is 24.1 Å². The first-order valence-electron chi connectivity index (χ1n) is 9.36. The molecule has 0 aromatic heterocycles. The van der Waals surface area contributed by atoms with Crippen LogP contribution in [0.1, 0.15) is 59.4 Å². The number of nitrogens with zero attached hydrogens (tertiary/aromatic N) is 1. The van der Waals surface area contributed by atoms with Crippen LogP contribution in [0, 0.1) is 11.8 Å². The summed E-state index contributed by atoms with van der Waals surface area (Å²) in [5, 5.41) is 3.12. The van der Waals surface area contributed by atoms with Gasteiger partial charge in [0.1, 0.15) is 0 Å². The summed E-state index contributed by atoms with van der Waals surface area (Å²) in [4.78, 5) is 26.8. The Kier molecular flexibility index (Phi) is 6.26. The Morgan fingerprint density at radius 1 is 1.16 bits per heavy atom. The number of amides is 2. The van der Waals surface area contributed by atoms with E-state index in [-0.39, 0.29) is 23.1 Å². The van der Waals surface area contributed by atoms with E-state index in [1.165, 1.54) is 0 Å². The van der Waals surface area contributed by atoms with Crippen molar-refractivity contribution in [3.05, 3.63) is 29.8 Å². The minimum Gasteiger partial charge on any atom is -0.343 e. The van der Waals surface area contributed by atoms with Gasteiger partial charge in [0.25, 0.3) is 0 Å². The molecule has 0 bridgehead atoms. The monoisotopic (exact) mass is 344 g/mol. The topological polar surface area (TPSA) is 49.4 Å². The van der Waals surface area contributed by atoms with Crippen molar-refractivity contribution in [2.75, 3.05) is 18.4 Å². The Labute approximate surface area is 152 Å². The van der Waals surface area contributed by atoms with Crippen LogP contribution in [0.5, 0.6) is 0 Å². The highest BCUT2D eigenvalue weighted by atomic mass is 16.2. The molecule has 1 aromatic rings. The van der Waals surface area contributed by atoms with Crippen LogP contribution in [0.3, 0.4) is 0 Å². The van der Waals surface area contributed by atoms with Crippen LogP contribution < -0.4 is 5.32 Å². The molecule has 0 aliphatic carbocycles. The molecule has 2 rings (SSSR count). The first-order chi connectivity index (χ1) is 11.7. The number of hydrogen-bond donors (Lipinski definition) is 1. The molecule has 25 heavy (non-hydrogen) atoms. The minimum absolute atomic E-state index is 0.0174. The largest absolute Gasteiger partial charge is 0.343 e. The number of carbonyl (C=O) groups excluding carboxylic acids is 2. The van der Waals surface area contributed by atoms with E-state index in [1.54, 1.807) is 0 Å². The Morgan fingerprint density at radius 3 is 2.32 bits per heavy atom. The maximum Gasteiger partial charge on any atom is 0.227 e. The summed E-state index contributed by atoms with van der Waals surface area (Å²) >= 11 is 0. The van der Waals surface area contributed by atoms with Crippen LogP contribution >= 0.6 is 0 Å². The Hall–Kier alpha value is -1.84. The van der Waals surface area contributed by atoms with Gasteiger partial charge in [-0.05, 0) is 35.8 Å². The van der Waals surface area contributed by atoms with Crippen LogP contribution in [-0.2, 0) is 15.0 Å². The van der Waals surface area contributed by atoms with Crippen LogP contribution in [0.25, 0.3) is 0 Å². The van der Waals surface area contributed by atoms with Crippen molar-refractivity contribution in [2.45, 2.75) is 59.3 Å². The van der Waals surface area contributed by atoms with Gasteiger partial charge >= 0.3 is 0 Å². The molecule has 0 unspecified atom stereocenters. The highest BCUT2D eigenvalue weighted by molar-refractivity contribution is 5.93. The Balaban J connectivity index is 1.95. The third-order valence-electron chi connectivity index (χ3n) is 4.79. The third-order valence-corrected chi connectivity index (χ3v) is 4.79. The molecule has 2 amide bonds. The van der Waals surface area contributed by atoms with Gasteiger partial charge in [0, 0.05) is 31.1 Å². The molecule has 1 saturated heterocycles. The lowest BCUT2D eigenvalue weighted by atomic mass is 9.85. The SMILES string of the molecule is CC(C)CC(=O)N1CCC(C(=O)Nc2ccccc2C(C)(C)C)CC1. The molecule has 4 nitrogen and oxygen atoms in total. The number of anilines is 1. The molecule has 0 radical (unpaired) electrons. The van der Waals surface area contributed by atoms with Crippen LogP contribution in [0.4, 0.5) is 5.69 Å². The highest BCUT2D eigenvalue weighted by Gasteiger charge is 2.28. The van der Waals surface area contributed by atoms with E-state index >= 15 is 0 Å². The van der Waals surface area contributed by atoms with E-state index in [2.05, 4.69) is 46.0 Å². The number of carbonyl (C=O) groups is 2. The lowest BCUT2D eigenvalue weighted by Crippen LogP contribution is -2.41. The highest BCUT2D eigenvalue weighted by Crippen LogP contribution is 2.30. The molecule has 138 valence electrons. The number of para-hydroxylation sites is 1. The molecule has 4 heteroatoms. The van der Waals surface area contributed by atoms with E-state index in [4.69, 9.17) is 0 Å². The summed E-state index contributed by atoms with van der Waals surface area (Å²) in [6, 6.07) is 8.01. The third kappa shape index (κ3) is 5.32. The van der Waals surface area contributed by atoms with E-state index in [1.807, 2.05) is 23.1 Å². The summed E-state index contributed by atoms with van der Waals surface area (Å²) in [5.74, 6) is 0.651. The number of nitrogens with one attached hydrogen (secondary N) is 1. The fourth-order valence-corrected chi connectivity index (χ4v) is 3.35. The molecular formula is C21H32N2O2. The van der Waals surface area contributed by atoms with Gasteiger partial charge < -0.3 is 10.2 Å². The van der Waals surface area contributed by atoms with Crippen molar-refractivity contribution in [3.8, 4) is 0 Å². The Bertz CT molecular complexity index is 609. The molecule has 0 spiro atoms. The van der Waals surface area contributed by atoms with E-state index in [9.17, 15) is 9.59 Å². The van der Waals surface area contributed by atoms with E-state index in [0.29, 0.717) is 25.4 Å². The van der Waals surface area contributed by atoms with Crippen molar-refractivity contribution < 1.29 is 9.59 Å². The van der Waals surface area contributed by atoms with Gasteiger partial charge in [0.2, 0.25) is 11.8 Å². The van der Waals surface area contributed by atoms with Gasteiger partial charge in [-0.3, -0.25) is 9.59 Å². The first kappa shape index (κ1) is 19.5. The average molecular weight is 344 g/mol. The van der Waals surface area contributed by atoms with Gasteiger partial charge in [0.05, 0.1) is 0 Å². The molecular weight excluding hydrogens is 312 g/mol. The summed E-state index contributed by atoms with van der Waals surface area (Å²) in [5.41, 5.74) is 2.03. The molecule has 1 aliphatic heterocycles. The molecule has 0 saturated carbocycles. The first-order valence-corrected chi connectivity index (χ1v) is 9.36. The normalized spacial score (nSPS) is 16.2. The maximum atomic E-state index is 12.7. The lowest BCUT2D eigenvalue weighted by Gasteiger charge is -2.32. The van der Waals surface area contributed by atoms with E-state index < -0.39 is 0 Å². The van der Waals surface area contributed by atoms with Crippen molar-refractivity contribution in [2.24, 2.45) is 11.8 Å². The van der Waals surface area contributed by atoms with Crippen molar-refractivity contribution in [1.29, 1.82) is 0 Å². The zero-order valence-electron chi connectivity index (χ0n) is 16.3. The lowest BCUT2D eigenvalue weighted by molar-refractivity contribution is -0.135. The van der Waals surface area contributed by atoms with Crippen molar-refractivity contribution in [3.63, 3.8) is 0 Å². The number of hydrogen-bond acceptors (Lipinski definition) is 2. The minimum atomic E-state index is -0.0175. The average Bonchev–Trinajstić information content (AvgIpc) is 2.54. The van der Waals surface area contributed by atoms with Gasteiger partial charge in [-0.2, -0.15) is 0 Å². The van der Waals surface area contributed by atoms with Crippen LogP contribution in [-0.4, -0.2) is 29.8 Å². The predicted octanol–water partition coefficient (Wildman–Crippen LogP) is 4.21.